The molecule has 1 saturated heterocycles. The summed E-state index contributed by atoms with van der Waals surface area (Å²) in [6.07, 6.45) is 2.71. The molecule has 0 unspecified atom stereocenters. The maximum Gasteiger partial charge on any atom is 0.514 e. The molecule has 5 heteroatoms. The van der Waals surface area contributed by atoms with Crippen LogP contribution in [0.5, 0.6) is 5.75 Å². The van der Waals surface area contributed by atoms with Crippen LogP contribution in [0.3, 0.4) is 0 Å². The molecule has 0 aromatic carbocycles. The van der Waals surface area contributed by atoms with Gasteiger partial charge < -0.3 is 14.0 Å². The minimum Gasteiger partial charge on any atom is -0.494 e. The van der Waals surface area contributed by atoms with Gasteiger partial charge in [0.25, 0.3) is 0 Å². The molecule has 1 aliphatic rings. The Morgan fingerprint density at radius 2 is 1.84 bits per heavy atom. The highest BCUT2D eigenvalue weighted by Crippen LogP contribution is 2.36. The minimum absolute atomic E-state index is 0.348. The van der Waals surface area contributed by atoms with Gasteiger partial charge in [0.15, 0.2) is 0 Å². The molecule has 0 saturated carbocycles. The molecular formula is C14H22BNO3. The van der Waals surface area contributed by atoms with Crippen LogP contribution >= 0.6 is 0 Å². The number of aromatic nitrogens is 1. The van der Waals surface area contributed by atoms with Gasteiger partial charge >= 0.3 is 7.12 Å². The molecule has 0 amide bonds. The van der Waals surface area contributed by atoms with Gasteiger partial charge in [-0.1, -0.05) is 6.92 Å². The van der Waals surface area contributed by atoms with E-state index < -0.39 is 7.12 Å². The van der Waals surface area contributed by atoms with Gasteiger partial charge in [-0.05, 0) is 46.2 Å². The fourth-order valence-corrected chi connectivity index (χ4v) is 1.83. The van der Waals surface area contributed by atoms with Crippen LogP contribution < -0.4 is 10.3 Å². The molecular weight excluding hydrogens is 241 g/mol. The maximum absolute atomic E-state index is 5.97. The highest BCUT2D eigenvalue weighted by atomic mass is 16.7. The van der Waals surface area contributed by atoms with Gasteiger partial charge in [0.2, 0.25) is 0 Å². The number of hydrogen-bond donors (Lipinski definition) is 0. The summed E-state index contributed by atoms with van der Waals surface area (Å²) in [4.78, 5) is 4.33. The summed E-state index contributed by atoms with van der Waals surface area (Å²) in [5.41, 5.74) is 0.0615. The lowest BCUT2D eigenvalue weighted by Gasteiger charge is -2.32. The number of rotatable bonds is 4. The predicted molar refractivity (Wildman–Crippen MR) is 75.7 cm³/mol. The van der Waals surface area contributed by atoms with Gasteiger partial charge in [0, 0.05) is 6.20 Å². The lowest BCUT2D eigenvalue weighted by Crippen LogP contribution is -2.41. The van der Waals surface area contributed by atoms with Crippen molar-refractivity contribution < 1.29 is 14.0 Å². The van der Waals surface area contributed by atoms with Crippen molar-refractivity contribution in [2.24, 2.45) is 0 Å². The van der Waals surface area contributed by atoms with Crippen LogP contribution in [0, 0.1) is 0 Å². The minimum atomic E-state index is -0.435. The van der Waals surface area contributed by atoms with Crippen molar-refractivity contribution in [2.45, 2.75) is 52.2 Å². The molecule has 2 heterocycles. The van der Waals surface area contributed by atoms with Crippen molar-refractivity contribution in [3.8, 4) is 5.75 Å². The third kappa shape index (κ3) is 2.93. The Morgan fingerprint density at radius 3 is 2.42 bits per heavy atom. The van der Waals surface area contributed by atoms with E-state index in [9.17, 15) is 0 Å². The monoisotopic (exact) mass is 263 g/mol. The maximum atomic E-state index is 5.97. The summed E-state index contributed by atoms with van der Waals surface area (Å²) >= 11 is 0. The summed E-state index contributed by atoms with van der Waals surface area (Å²) in [7, 11) is -0.435. The van der Waals surface area contributed by atoms with Crippen molar-refractivity contribution in [3.05, 3.63) is 18.3 Å². The van der Waals surface area contributed by atoms with Gasteiger partial charge in [0.05, 0.1) is 23.4 Å². The van der Waals surface area contributed by atoms with Gasteiger partial charge in [0.1, 0.15) is 5.75 Å². The number of hydrogen-bond acceptors (Lipinski definition) is 4. The smallest absolute Gasteiger partial charge is 0.494 e. The van der Waals surface area contributed by atoms with Crippen molar-refractivity contribution >= 4 is 12.7 Å². The Balaban J connectivity index is 2.15. The van der Waals surface area contributed by atoms with Crippen LogP contribution in [-0.2, 0) is 9.31 Å². The number of pyridine rings is 1. The predicted octanol–water partition coefficient (Wildman–Crippen LogP) is 2.17. The van der Waals surface area contributed by atoms with Crippen LogP contribution in [-0.4, -0.2) is 29.9 Å². The molecule has 0 atom stereocenters. The second-order valence-electron chi connectivity index (χ2n) is 5.85. The van der Waals surface area contributed by atoms with E-state index >= 15 is 0 Å². The van der Waals surface area contributed by atoms with Crippen LogP contribution in [0.1, 0.15) is 41.0 Å². The molecule has 1 aromatic rings. The first-order valence-corrected chi connectivity index (χ1v) is 6.80. The number of nitrogens with zero attached hydrogens (tertiary/aromatic N) is 1. The molecule has 1 aromatic heterocycles. The lowest BCUT2D eigenvalue weighted by molar-refractivity contribution is 0.00578. The Morgan fingerprint density at radius 1 is 1.21 bits per heavy atom. The quantitative estimate of drug-likeness (QED) is 0.780. The topological polar surface area (TPSA) is 40.6 Å². The van der Waals surface area contributed by atoms with E-state index in [0.29, 0.717) is 6.61 Å². The first-order valence-electron chi connectivity index (χ1n) is 6.80. The van der Waals surface area contributed by atoms with E-state index in [4.69, 9.17) is 14.0 Å². The second kappa shape index (κ2) is 5.14. The van der Waals surface area contributed by atoms with E-state index in [2.05, 4.69) is 11.9 Å². The largest absolute Gasteiger partial charge is 0.514 e. The number of ether oxygens (including phenoxy) is 1. The fourth-order valence-electron chi connectivity index (χ4n) is 1.83. The summed E-state index contributed by atoms with van der Waals surface area (Å²) in [6.45, 7) is 10.9. The van der Waals surface area contributed by atoms with Crippen LogP contribution in [0.4, 0.5) is 0 Å². The molecule has 4 nitrogen and oxygen atoms in total. The zero-order chi connectivity index (χ0) is 14.1. The van der Waals surface area contributed by atoms with Gasteiger partial charge in [-0.3, -0.25) is 4.98 Å². The average molecular weight is 263 g/mol. The second-order valence-corrected chi connectivity index (χ2v) is 5.85. The summed E-state index contributed by atoms with van der Waals surface area (Å²) in [6, 6.07) is 3.74. The molecule has 0 N–H and O–H groups in total. The molecule has 19 heavy (non-hydrogen) atoms. The molecule has 1 aliphatic heterocycles. The first kappa shape index (κ1) is 14.3. The highest BCUT2D eigenvalue weighted by molar-refractivity contribution is 6.61. The molecule has 0 spiro atoms. The van der Waals surface area contributed by atoms with E-state index in [0.717, 1.165) is 17.8 Å². The van der Waals surface area contributed by atoms with Gasteiger partial charge in [-0.2, -0.15) is 0 Å². The van der Waals surface area contributed by atoms with E-state index in [1.165, 1.54) is 0 Å². The van der Waals surface area contributed by atoms with Crippen LogP contribution in [0.2, 0.25) is 0 Å². The van der Waals surface area contributed by atoms with E-state index in [1.807, 2.05) is 39.8 Å². The SMILES string of the molecule is CCCOc1ccnc(B2OC(C)(C)C(C)(C)O2)c1. The Labute approximate surface area is 115 Å². The third-order valence-electron chi connectivity index (χ3n) is 3.72. The van der Waals surface area contributed by atoms with Gasteiger partial charge in [-0.15, -0.1) is 0 Å². The van der Waals surface area contributed by atoms with E-state index in [1.54, 1.807) is 6.20 Å². The third-order valence-corrected chi connectivity index (χ3v) is 3.72. The van der Waals surface area contributed by atoms with Crippen LogP contribution in [0.25, 0.3) is 0 Å². The zero-order valence-corrected chi connectivity index (χ0v) is 12.4. The van der Waals surface area contributed by atoms with Crippen molar-refractivity contribution in [2.75, 3.05) is 6.61 Å². The molecule has 2 rings (SSSR count). The summed E-state index contributed by atoms with van der Waals surface area (Å²) in [5, 5.41) is 0. The molecule has 1 fully saturated rings. The Bertz CT molecular complexity index is 432. The zero-order valence-electron chi connectivity index (χ0n) is 12.4. The molecule has 104 valence electrons. The average Bonchev–Trinajstić information content (AvgIpc) is 2.56. The summed E-state index contributed by atoms with van der Waals surface area (Å²) < 4.78 is 17.5. The first-order chi connectivity index (χ1) is 8.86. The Hall–Kier alpha value is -1.07. The van der Waals surface area contributed by atoms with Crippen molar-refractivity contribution in [1.29, 1.82) is 0 Å². The van der Waals surface area contributed by atoms with Crippen molar-refractivity contribution in [3.63, 3.8) is 0 Å². The van der Waals surface area contributed by atoms with Crippen LogP contribution in [0.15, 0.2) is 18.3 Å². The molecule has 0 bridgehead atoms. The summed E-state index contributed by atoms with van der Waals surface area (Å²) in [5.74, 6) is 0.807. The highest BCUT2D eigenvalue weighted by Gasteiger charge is 2.52. The molecule has 0 radical (unpaired) electrons. The standard InChI is InChI=1S/C14H22BNO3/c1-6-9-17-11-7-8-16-12(10-11)15-18-13(2,3)14(4,5)19-15/h7-8,10H,6,9H2,1-5H3. The Kier molecular flexibility index (Phi) is 3.88. The molecule has 0 aliphatic carbocycles. The van der Waals surface area contributed by atoms with Crippen molar-refractivity contribution in [1.82, 2.24) is 4.98 Å². The van der Waals surface area contributed by atoms with E-state index in [-0.39, 0.29) is 11.2 Å². The fraction of sp³-hybridized carbons (Fsp3) is 0.643. The lowest BCUT2D eigenvalue weighted by atomic mass is 9.84. The normalized spacial score (nSPS) is 20.6. The van der Waals surface area contributed by atoms with Gasteiger partial charge in [-0.25, -0.2) is 0 Å².